The molecule has 0 aromatic rings. The van der Waals surface area contributed by atoms with Crippen LogP contribution in [0, 0.1) is 17.3 Å². The zero-order valence-electron chi connectivity index (χ0n) is 15.4. The second-order valence-electron chi connectivity index (χ2n) is 7.52. The van der Waals surface area contributed by atoms with Gasteiger partial charge in [0.1, 0.15) is 0 Å². The summed E-state index contributed by atoms with van der Waals surface area (Å²) in [6.45, 7) is 14.5. The van der Waals surface area contributed by atoms with Gasteiger partial charge in [0.15, 0.2) is 0 Å². The van der Waals surface area contributed by atoms with E-state index in [0.717, 1.165) is 11.8 Å². The van der Waals surface area contributed by atoms with E-state index in [0.29, 0.717) is 5.41 Å². The van der Waals surface area contributed by atoms with Crippen molar-refractivity contribution >= 4 is 0 Å². The van der Waals surface area contributed by atoms with Gasteiger partial charge in [0.2, 0.25) is 0 Å². The topological polar surface area (TPSA) is 0 Å². The first-order valence-corrected chi connectivity index (χ1v) is 9.51. The summed E-state index contributed by atoms with van der Waals surface area (Å²) in [5, 5.41) is 0. The highest BCUT2D eigenvalue weighted by atomic mass is 14.4. The Hall–Kier alpha value is 0. The van der Waals surface area contributed by atoms with Crippen LogP contribution in [-0.4, -0.2) is 0 Å². The van der Waals surface area contributed by atoms with Crippen LogP contribution in [0.15, 0.2) is 0 Å². The first kappa shape index (κ1) is 20.0. The molecule has 0 spiro atoms. The van der Waals surface area contributed by atoms with Crippen LogP contribution in [0.2, 0.25) is 0 Å². The maximum Gasteiger partial charge on any atom is -0.0251 e. The number of hydrogen-bond acceptors (Lipinski definition) is 0. The third-order valence-corrected chi connectivity index (χ3v) is 5.54. The molecule has 0 bridgehead atoms. The molecule has 0 aromatic carbocycles. The Kier molecular flexibility index (Phi) is 11.6. The zero-order valence-corrected chi connectivity index (χ0v) is 15.4. The summed E-state index contributed by atoms with van der Waals surface area (Å²) in [6, 6.07) is 0. The lowest BCUT2D eigenvalue weighted by Gasteiger charge is -2.42. The first-order chi connectivity index (χ1) is 9.51. The van der Waals surface area contributed by atoms with Crippen molar-refractivity contribution in [3.8, 4) is 0 Å². The van der Waals surface area contributed by atoms with Crippen LogP contribution in [0.25, 0.3) is 0 Å². The van der Waals surface area contributed by atoms with Gasteiger partial charge in [-0.3, -0.25) is 0 Å². The lowest BCUT2D eigenvalue weighted by Crippen LogP contribution is -2.33. The fourth-order valence-electron chi connectivity index (χ4n) is 3.86. The Bertz CT molecular complexity index is 194. The zero-order chi connectivity index (χ0) is 15.4. The minimum Gasteiger partial charge on any atom is -0.0654 e. The van der Waals surface area contributed by atoms with E-state index in [2.05, 4.69) is 41.5 Å². The van der Waals surface area contributed by atoms with Gasteiger partial charge in [0.25, 0.3) is 0 Å². The van der Waals surface area contributed by atoms with E-state index in [9.17, 15) is 0 Å². The van der Waals surface area contributed by atoms with E-state index in [-0.39, 0.29) is 0 Å². The standard InChI is InChI=1S/C20H42/c1-7-9-11-12-13-14-15-17-20(18(3)4,19(5)6)16-10-8-2/h18-19H,7-17H2,1-6H3. The Morgan fingerprint density at radius 3 is 1.40 bits per heavy atom. The van der Waals surface area contributed by atoms with Crippen molar-refractivity contribution in [1.29, 1.82) is 0 Å². The third-order valence-electron chi connectivity index (χ3n) is 5.54. The molecule has 0 atom stereocenters. The quantitative estimate of drug-likeness (QED) is 0.305. The summed E-state index contributed by atoms with van der Waals surface area (Å²) in [5.41, 5.74) is 0.597. The van der Waals surface area contributed by atoms with Gasteiger partial charge in [0.05, 0.1) is 0 Å². The number of hydrogen-bond donors (Lipinski definition) is 0. The van der Waals surface area contributed by atoms with Crippen LogP contribution in [0.1, 0.15) is 112 Å². The van der Waals surface area contributed by atoms with E-state index in [1.54, 1.807) is 0 Å². The summed E-state index contributed by atoms with van der Waals surface area (Å²) in [5.74, 6) is 1.66. The molecule has 0 amide bonds. The molecule has 0 aliphatic carbocycles. The Labute approximate surface area is 130 Å². The average Bonchev–Trinajstić information content (AvgIpc) is 2.40. The van der Waals surface area contributed by atoms with Gasteiger partial charge in [-0.25, -0.2) is 0 Å². The summed E-state index contributed by atoms with van der Waals surface area (Å²) < 4.78 is 0. The van der Waals surface area contributed by atoms with Crippen molar-refractivity contribution in [3.63, 3.8) is 0 Å². The van der Waals surface area contributed by atoms with E-state index in [1.807, 2.05) is 0 Å². The van der Waals surface area contributed by atoms with Crippen LogP contribution in [-0.2, 0) is 0 Å². The van der Waals surface area contributed by atoms with Crippen LogP contribution < -0.4 is 0 Å². The third kappa shape index (κ3) is 7.14. The molecule has 0 saturated heterocycles. The number of rotatable bonds is 13. The number of unbranched alkanes of at least 4 members (excludes halogenated alkanes) is 7. The Balaban J connectivity index is 4.15. The fraction of sp³-hybridized carbons (Fsp3) is 1.00. The van der Waals surface area contributed by atoms with Crippen LogP contribution in [0.4, 0.5) is 0 Å². The van der Waals surface area contributed by atoms with Crippen molar-refractivity contribution < 1.29 is 0 Å². The monoisotopic (exact) mass is 282 g/mol. The summed E-state index contributed by atoms with van der Waals surface area (Å²) >= 11 is 0. The predicted octanol–water partition coefficient (Wildman–Crippen LogP) is 7.62. The van der Waals surface area contributed by atoms with Crippen molar-refractivity contribution in [2.75, 3.05) is 0 Å². The van der Waals surface area contributed by atoms with Gasteiger partial charge < -0.3 is 0 Å². The molecule has 20 heavy (non-hydrogen) atoms. The van der Waals surface area contributed by atoms with Crippen molar-refractivity contribution in [2.45, 2.75) is 112 Å². The molecule has 0 heteroatoms. The molecule has 0 rings (SSSR count). The molecule has 0 fully saturated rings. The van der Waals surface area contributed by atoms with Gasteiger partial charge in [-0.05, 0) is 30.1 Å². The SMILES string of the molecule is CCCCCCCCCC(CCCC)(C(C)C)C(C)C. The second kappa shape index (κ2) is 11.6. The smallest absolute Gasteiger partial charge is 0.0251 e. The van der Waals surface area contributed by atoms with Crippen LogP contribution >= 0.6 is 0 Å². The lowest BCUT2D eigenvalue weighted by atomic mass is 9.63. The minimum absolute atomic E-state index is 0.597. The normalized spacial score (nSPS) is 12.6. The molecule has 122 valence electrons. The largest absolute Gasteiger partial charge is 0.0654 e. The molecule has 0 N–H and O–H groups in total. The molecular formula is C20H42. The first-order valence-electron chi connectivity index (χ1n) is 9.51. The Morgan fingerprint density at radius 1 is 0.550 bits per heavy atom. The fourth-order valence-corrected chi connectivity index (χ4v) is 3.86. The molecule has 0 radical (unpaired) electrons. The van der Waals surface area contributed by atoms with E-state index in [1.165, 1.54) is 70.6 Å². The molecular weight excluding hydrogens is 240 g/mol. The predicted molar refractivity (Wildman–Crippen MR) is 94.2 cm³/mol. The Morgan fingerprint density at radius 2 is 0.950 bits per heavy atom. The summed E-state index contributed by atoms with van der Waals surface area (Å²) in [6.07, 6.45) is 15.7. The maximum atomic E-state index is 2.46. The van der Waals surface area contributed by atoms with Gasteiger partial charge in [0, 0.05) is 0 Å². The highest BCUT2D eigenvalue weighted by Crippen LogP contribution is 2.45. The summed E-state index contributed by atoms with van der Waals surface area (Å²) in [7, 11) is 0. The molecule has 0 aliphatic rings. The van der Waals surface area contributed by atoms with Gasteiger partial charge in [-0.1, -0.05) is 99.3 Å². The molecule has 0 aliphatic heterocycles. The molecule has 0 saturated carbocycles. The second-order valence-corrected chi connectivity index (χ2v) is 7.52. The molecule has 0 nitrogen and oxygen atoms in total. The van der Waals surface area contributed by atoms with E-state index < -0.39 is 0 Å². The van der Waals surface area contributed by atoms with E-state index in [4.69, 9.17) is 0 Å². The minimum atomic E-state index is 0.597. The average molecular weight is 283 g/mol. The van der Waals surface area contributed by atoms with Gasteiger partial charge in [-0.15, -0.1) is 0 Å². The van der Waals surface area contributed by atoms with Crippen molar-refractivity contribution in [2.24, 2.45) is 17.3 Å². The summed E-state index contributed by atoms with van der Waals surface area (Å²) in [4.78, 5) is 0. The lowest BCUT2D eigenvalue weighted by molar-refractivity contribution is 0.0782. The maximum absolute atomic E-state index is 2.46. The molecule has 0 unspecified atom stereocenters. The van der Waals surface area contributed by atoms with E-state index >= 15 is 0 Å². The van der Waals surface area contributed by atoms with Gasteiger partial charge >= 0.3 is 0 Å². The van der Waals surface area contributed by atoms with Crippen LogP contribution in [0.3, 0.4) is 0 Å². The highest BCUT2D eigenvalue weighted by Gasteiger charge is 2.35. The van der Waals surface area contributed by atoms with Crippen molar-refractivity contribution in [3.05, 3.63) is 0 Å². The highest BCUT2D eigenvalue weighted by molar-refractivity contribution is 4.85. The van der Waals surface area contributed by atoms with Crippen molar-refractivity contribution in [1.82, 2.24) is 0 Å². The van der Waals surface area contributed by atoms with Crippen LogP contribution in [0.5, 0.6) is 0 Å². The van der Waals surface area contributed by atoms with Gasteiger partial charge in [-0.2, -0.15) is 0 Å². The molecule has 0 heterocycles. The molecule has 0 aromatic heterocycles.